The van der Waals surface area contributed by atoms with Gasteiger partial charge in [-0.05, 0) is 18.2 Å². The second kappa shape index (κ2) is 6.54. The summed E-state index contributed by atoms with van der Waals surface area (Å²) in [5.74, 6) is -1.03. The molecule has 0 saturated carbocycles. The molecule has 126 valence electrons. The molecular formula is C13H16N2O6S2. The summed E-state index contributed by atoms with van der Waals surface area (Å²) in [7, 11) is -7.72. The molecular weight excluding hydrogens is 344 g/mol. The van der Waals surface area contributed by atoms with E-state index in [4.69, 9.17) is 10.4 Å². The van der Waals surface area contributed by atoms with Crippen LogP contribution in [0, 0.1) is 11.3 Å². The van der Waals surface area contributed by atoms with Crippen molar-refractivity contribution in [2.24, 2.45) is 0 Å². The summed E-state index contributed by atoms with van der Waals surface area (Å²) >= 11 is 0. The summed E-state index contributed by atoms with van der Waals surface area (Å²) < 4.78 is 49.5. The molecule has 0 spiro atoms. The molecule has 0 amide bonds. The van der Waals surface area contributed by atoms with Gasteiger partial charge in [-0.2, -0.15) is 9.57 Å². The topological polar surface area (TPSA) is 136 Å². The largest absolute Gasteiger partial charge is 0.395 e. The van der Waals surface area contributed by atoms with E-state index in [1.54, 1.807) is 0 Å². The van der Waals surface area contributed by atoms with Crippen molar-refractivity contribution < 1.29 is 27.0 Å². The fraction of sp³-hybridized carbons (Fsp3) is 0.462. The lowest BCUT2D eigenvalue weighted by atomic mass is 10.2. The number of aliphatic hydroxyl groups is 2. The zero-order valence-electron chi connectivity index (χ0n) is 12.0. The molecule has 2 atom stereocenters. The lowest BCUT2D eigenvalue weighted by Gasteiger charge is -2.28. The summed E-state index contributed by atoms with van der Waals surface area (Å²) in [4.78, 5) is -0.193. The normalized spacial score (nSPS) is 23.7. The van der Waals surface area contributed by atoms with Crippen LogP contribution in [0.15, 0.2) is 29.2 Å². The number of sulfone groups is 1. The maximum atomic E-state index is 12.7. The first-order valence-corrected chi connectivity index (χ1v) is 9.99. The Kier molecular flexibility index (Phi) is 5.07. The number of rotatable bonds is 5. The molecule has 0 aliphatic carbocycles. The fourth-order valence-electron chi connectivity index (χ4n) is 2.51. The highest BCUT2D eigenvalue weighted by molar-refractivity contribution is 7.92. The number of sulfonamides is 1. The smallest absolute Gasteiger partial charge is 0.243 e. The van der Waals surface area contributed by atoms with E-state index in [1.165, 1.54) is 18.2 Å². The molecule has 1 aliphatic rings. The van der Waals surface area contributed by atoms with Gasteiger partial charge < -0.3 is 10.2 Å². The molecule has 2 rings (SSSR count). The molecule has 0 bridgehead atoms. The quantitative estimate of drug-likeness (QED) is 0.666. The van der Waals surface area contributed by atoms with Gasteiger partial charge in [-0.3, -0.25) is 0 Å². The molecule has 10 heteroatoms. The van der Waals surface area contributed by atoms with Crippen molar-refractivity contribution in [3.63, 3.8) is 0 Å². The van der Waals surface area contributed by atoms with Crippen LogP contribution in [0.5, 0.6) is 0 Å². The molecule has 0 radical (unpaired) electrons. The van der Waals surface area contributed by atoms with Gasteiger partial charge in [0.2, 0.25) is 10.0 Å². The van der Waals surface area contributed by atoms with E-state index < -0.39 is 50.1 Å². The molecule has 1 fully saturated rings. The minimum atomic E-state index is -4.16. The van der Waals surface area contributed by atoms with Crippen molar-refractivity contribution in [1.29, 1.82) is 5.26 Å². The molecule has 0 unspecified atom stereocenters. The zero-order chi connectivity index (χ0) is 17.3. The molecule has 1 saturated heterocycles. The van der Waals surface area contributed by atoms with Crippen LogP contribution in [0.4, 0.5) is 0 Å². The van der Waals surface area contributed by atoms with Crippen molar-refractivity contribution in [2.45, 2.75) is 17.0 Å². The first-order valence-electron chi connectivity index (χ1n) is 6.72. The number of hydrogen-bond donors (Lipinski definition) is 2. The number of hydrogen-bond acceptors (Lipinski definition) is 7. The summed E-state index contributed by atoms with van der Waals surface area (Å²) in [6.45, 7) is -0.878. The van der Waals surface area contributed by atoms with Gasteiger partial charge in [-0.25, -0.2) is 16.8 Å². The maximum Gasteiger partial charge on any atom is 0.243 e. The van der Waals surface area contributed by atoms with Crippen LogP contribution in [-0.2, 0) is 19.9 Å². The van der Waals surface area contributed by atoms with Crippen LogP contribution in [0.3, 0.4) is 0 Å². The van der Waals surface area contributed by atoms with Crippen LogP contribution in [0.1, 0.15) is 5.56 Å². The molecule has 2 N–H and O–H groups in total. The van der Waals surface area contributed by atoms with Crippen LogP contribution >= 0.6 is 0 Å². The van der Waals surface area contributed by atoms with Crippen molar-refractivity contribution >= 4 is 19.9 Å². The Morgan fingerprint density at radius 1 is 1.35 bits per heavy atom. The molecule has 1 aromatic carbocycles. The van der Waals surface area contributed by atoms with Crippen molar-refractivity contribution in [2.75, 3.05) is 24.7 Å². The van der Waals surface area contributed by atoms with Gasteiger partial charge in [0, 0.05) is 6.54 Å². The second-order valence-electron chi connectivity index (χ2n) is 5.19. The monoisotopic (exact) mass is 360 g/mol. The Bertz CT molecular complexity index is 828. The van der Waals surface area contributed by atoms with Crippen LogP contribution in [0.25, 0.3) is 0 Å². The second-order valence-corrected chi connectivity index (χ2v) is 9.23. The van der Waals surface area contributed by atoms with E-state index in [0.717, 1.165) is 10.4 Å². The van der Waals surface area contributed by atoms with Gasteiger partial charge in [-0.1, -0.05) is 6.07 Å². The summed E-state index contributed by atoms with van der Waals surface area (Å²) in [5.41, 5.74) is 0.134. The van der Waals surface area contributed by atoms with Gasteiger partial charge in [0.25, 0.3) is 0 Å². The van der Waals surface area contributed by atoms with Crippen molar-refractivity contribution in [1.82, 2.24) is 4.31 Å². The van der Waals surface area contributed by atoms with E-state index in [-0.39, 0.29) is 17.0 Å². The summed E-state index contributed by atoms with van der Waals surface area (Å²) in [6.07, 6.45) is -1.36. The van der Waals surface area contributed by atoms with Crippen LogP contribution < -0.4 is 0 Å². The van der Waals surface area contributed by atoms with Crippen molar-refractivity contribution in [3.8, 4) is 6.07 Å². The number of benzene rings is 1. The molecule has 1 aliphatic heterocycles. The first kappa shape index (κ1) is 17.8. The lowest BCUT2D eigenvalue weighted by molar-refractivity contribution is 0.117. The first-order chi connectivity index (χ1) is 10.7. The molecule has 1 heterocycles. The molecule has 0 aromatic heterocycles. The van der Waals surface area contributed by atoms with E-state index in [0.29, 0.717) is 0 Å². The average Bonchev–Trinajstić information content (AvgIpc) is 2.77. The van der Waals surface area contributed by atoms with Crippen LogP contribution in [-0.4, -0.2) is 68.2 Å². The minimum absolute atomic E-state index is 0.134. The Morgan fingerprint density at radius 3 is 2.57 bits per heavy atom. The van der Waals surface area contributed by atoms with Gasteiger partial charge in [0.15, 0.2) is 9.84 Å². The predicted molar refractivity (Wildman–Crippen MR) is 80.6 cm³/mol. The SMILES string of the molecule is N#Cc1cccc(S(=O)(=O)N(CCO)[C@@H]2CS(=O)(=O)C[C@@H]2O)c1. The average molecular weight is 360 g/mol. The number of aliphatic hydroxyl groups excluding tert-OH is 2. The molecule has 8 nitrogen and oxygen atoms in total. The van der Waals surface area contributed by atoms with Crippen LogP contribution in [0.2, 0.25) is 0 Å². The zero-order valence-corrected chi connectivity index (χ0v) is 13.7. The van der Waals surface area contributed by atoms with Gasteiger partial charge in [0.1, 0.15) is 0 Å². The third-order valence-corrected chi connectivity index (χ3v) is 7.17. The minimum Gasteiger partial charge on any atom is -0.395 e. The predicted octanol–water partition coefficient (Wildman–Crippen LogP) is -1.30. The van der Waals surface area contributed by atoms with E-state index in [1.807, 2.05) is 6.07 Å². The highest BCUT2D eigenvalue weighted by Crippen LogP contribution is 2.25. The molecule has 23 heavy (non-hydrogen) atoms. The van der Waals surface area contributed by atoms with Crippen molar-refractivity contribution in [3.05, 3.63) is 29.8 Å². The lowest BCUT2D eigenvalue weighted by Crippen LogP contribution is -2.47. The third kappa shape index (κ3) is 3.70. The molecule has 1 aromatic rings. The summed E-state index contributed by atoms with van der Waals surface area (Å²) in [5, 5.41) is 27.9. The van der Waals surface area contributed by atoms with Gasteiger partial charge >= 0.3 is 0 Å². The van der Waals surface area contributed by atoms with Gasteiger partial charge in [0.05, 0.1) is 46.8 Å². The highest BCUT2D eigenvalue weighted by atomic mass is 32.2. The standard InChI is InChI=1S/C13H16N2O6S2/c14-7-10-2-1-3-11(6-10)23(20,21)15(4-5-16)12-8-22(18,19)9-13(12)17/h1-3,6,12-13,16-17H,4-5,8-9H2/t12-,13+/m1/s1. The Balaban J connectivity index is 2.46. The van der Waals surface area contributed by atoms with E-state index in [2.05, 4.69) is 0 Å². The maximum absolute atomic E-state index is 12.7. The number of nitrogens with zero attached hydrogens (tertiary/aromatic N) is 2. The highest BCUT2D eigenvalue weighted by Gasteiger charge is 2.44. The Hall–Kier alpha value is -1.51. The Labute approximate surface area is 134 Å². The van der Waals surface area contributed by atoms with E-state index in [9.17, 15) is 21.9 Å². The van der Waals surface area contributed by atoms with E-state index >= 15 is 0 Å². The van der Waals surface area contributed by atoms with Gasteiger partial charge in [-0.15, -0.1) is 0 Å². The fourth-order valence-corrected chi connectivity index (χ4v) is 6.10. The third-order valence-electron chi connectivity index (χ3n) is 3.55. The Morgan fingerprint density at radius 2 is 2.04 bits per heavy atom. The summed E-state index contributed by atoms with van der Waals surface area (Å²) in [6, 6.07) is 5.92. The number of nitriles is 1.